The minimum Gasteiger partial charge on any atom is -0.352 e. The summed E-state index contributed by atoms with van der Waals surface area (Å²) in [5.41, 5.74) is 2.83. The lowest BCUT2D eigenvalue weighted by Crippen LogP contribution is -2.54. The smallest absolute Gasteiger partial charge is 0.183 e. The molecule has 2 heterocycles. The van der Waals surface area contributed by atoms with Gasteiger partial charge in [-0.25, -0.2) is 4.98 Å². The molecule has 1 aliphatic rings. The zero-order chi connectivity index (χ0) is 18.8. The van der Waals surface area contributed by atoms with E-state index >= 15 is 0 Å². The van der Waals surface area contributed by atoms with Gasteiger partial charge in [-0.3, -0.25) is 0 Å². The number of nitrogens with zero attached hydrogens (tertiary/aromatic N) is 4. The maximum atomic E-state index is 4.95. The molecule has 0 spiro atoms. The van der Waals surface area contributed by atoms with Gasteiger partial charge in [0.05, 0.1) is 0 Å². The van der Waals surface area contributed by atoms with E-state index in [1.54, 1.807) is 0 Å². The zero-order valence-corrected chi connectivity index (χ0v) is 17.0. The summed E-state index contributed by atoms with van der Waals surface area (Å²) in [7, 11) is 0. The van der Waals surface area contributed by atoms with E-state index in [-0.39, 0.29) is 0 Å². The molecular formula is C21H22BrN5. The van der Waals surface area contributed by atoms with Crippen LogP contribution in [-0.4, -0.2) is 40.4 Å². The summed E-state index contributed by atoms with van der Waals surface area (Å²) in [4.78, 5) is 7.28. The van der Waals surface area contributed by atoms with E-state index in [1.165, 1.54) is 0 Å². The Morgan fingerprint density at radius 2 is 1.56 bits per heavy atom. The summed E-state index contributed by atoms with van der Waals surface area (Å²) < 4.78 is 1.03. The molecule has 5 nitrogen and oxygen atoms in total. The summed E-state index contributed by atoms with van der Waals surface area (Å²) >= 11 is 3.48. The van der Waals surface area contributed by atoms with Crippen LogP contribution in [-0.2, 0) is 0 Å². The number of nitrogens with one attached hydrogen (secondary N) is 1. The Morgan fingerprint density at radius 1 is 0.889 bits per heavy atom. The van der Waals surface area contributed by atoms with E-state index in [4.69, 9.17) is 4.98 Å². The third kappa shape index (κ3) is 4.01. The van der Waals surface area contributed by atoms with Crippen molar-refractivity contribution in [3.05, 3.63) is 59.1 Å². The van der Waals surface area contributed by atoms with Crippen LogP contribution in [0.25, 0.3) is 22.6 Å². The van der Waals surface area contributed by atoms with Gasteiger partial charge in [-0.05, 0) is 26.0 Å². The van der Waals surface area contributed by atoms with E-state index in [0.717, 1.165) is 40.2 Å². The van der Waals surface area contributed by atoms with Crippen LogP contribution in [0.1, 0.15) is 13.8 Å². The van der Waals surface area contributed by atoms with Crippen molar-refractivity contribution in [3.8, 4) is 22.6 Å². The third-order valence-electron chi connectivity index (χ3n) is 4.68. The molecule has 0 amide bonds. The molecule has 138 valence electrons. The lowest BCUT2D eigenvalue weighted by molar-refractivity contribution is 0.405. The highest BCUT2D eigenvalue weighted by molar-refractivity contribution is 9.10. The second kappa shape index (κ2) is 7.74. The van der Waals surface area contributed by atoms with Gasteiger partial charge in [0.15, 0.2) is 11.6 Å². The van der Waals surface area contributed by atoms with Gasteiger partial charge < -0.3 is 10.2 Å². The van der Waals surface area contributed by atoms with Crippen molar-refractivity contribution in [2.24, 2.45) is 0 Å². The Morgan fingerprint density at radius 3 is 2.22 bits per heavy atom. The van der Waals surface area contributed by atoms with Crippen LogP contribution in [0.4, 0.5) is 5.82 Å². The average molecular weight is 424 g/mol. The quantitative estimate of drug-likeness (QED) is 0.685. The molecule has 1 saturated heterocycles. The fraction of sp³-hybridized carbons (Fsp3) is 0.286. The highest BCUT2D eigenvalue weighted by Gasteiger charge is 2.26. The lowest BCUT2D eigenvalue weighted by atomic mass is 10.1. The number of benzene rings is 2. The number of anilines is 1. The van der Waals surface area contributed by atoms with Crippen molar-refractivity contribution in [1.29, 1.82) is 0 Å². The molecule has 2 atom stereocenters. The molecule has 1 aliphatic heterocycles. The first kappa shape index (κ1) is 18.1. The van der Waals surface area contributed by atoms with Gasteiger partial charge in [0.2, 0.25) is 0 Å². The van der Waals surface area contributed by atoms with Gasteiger partial charge in [-0.1, -0.05) is 58.4 Å². The molecule has 1 N–H and O–H groups in total. The van der Waals surface area contributed by atoms with Gasteiger partial charge in [0.1, 0.15) is 5.69 Å². The van der Waals surface area contributed by atoms with Gasteiger partial charge in [-0.15, -0.1) is 10.2 Å². The van der Waals surface area contributed by atoms with E-state index in [1.807, 2.05) is 42.5 Å². The Balaban J connectivity index is 1.81. The molecule has 0 saturated carbocycles. The summed E-state index contributed by atoms with van der Waals surface area (Å²) in [6.45, 7) is 6.19. The zero-order valence-electron chi connectivity index (χ0n) is 15.4. The first-order chi connectivity index (χ1) is 13.1. The second-order valence-electron chi connectivity index (χ2n) is 7.05. The first-order valence-corrected chi connectivity index (χ1v) is 9.96. The first-order valence-electron chi connectivity index (χ1n) is 9.17. The molecule has 2 aromatic carbocycles. The standard InChI is InChI=1S/C21H22BrN5/c1-14-12-27(13-15(2)23-14)21-19(16-6-4-3-5-7-16)25-26-20(24-21)17-8-10-18(22)11-9-17/h3-11,14-15,23H,12-13H2,1-2H3/t14-,15-/m0/s1. The molecule has 0 bridgehead atoms. The van der Waals surface area contributed by atoms with E-state index < -0.39 is 0 Å². The maximum Gasteiger partial charge on any atom is 0.183 e. The molecule has 4 rings (SSSR count). The van der Waals surface area contributed by atoms with Crippen LogP contribution in [0.3, 0.4) is 0 Å². The van der Waals surface area contributed by atoms with E-state index in [0.29, 0.717) is 17.9 Å². The number of halogens is 1. The second-order valence-corrected chi connectivity index (χ2v) is 7.97. The number of aromatic nitrogens is 3. The minimum atomic E-state index is 0.392. The van der Waals surface area contributed by atoms with Crippen molar-refractivity contribution < 1.29 is 0 Å². The summed E-state index contributed by atoms with van der Waals surface area (Å²) in [5.74, 6) is 1.55. The predicted molar refractivity (Wildman–Crippen MR) is 113 cm³/mol. The van der Waals surface area contributed by atoms with E-state index in [2.05, 4.69) is 62.3 Å². The van der Waals surface area contributed by atoms with Crippen LogP contribution in [0, 0.1) is 0 Å². The summed E-state index contributed by atoms with van der Waals surface area (Å²) in [5, 5.41) is 12.6. The van der Waals surface area contributed by atoms with E-state index in [9.17, 15) is 0 Å². The molecule has 0 aliphatic carbocycles. The molecule has 1 fully saturated rings. The van der Waals surface area contributed by atoms with Crippen LogP contribution in [0.15, 0.2) is 59.1 Å². The molecule has 6 heteroatoms. The highest BCUT2D eigenvalue weighted by atomic mass is 79.9. The highest BCUT2D eigenvalue weighted by Crippen LogP contribution is 2.30. The molecule has 0 radical (unpaired) electrons. The summed E-state index contributed by atoms with van der Waals surface area (Å²) in [6, 6.07) is 19.0. The molecule has 1 aromatic heterocycles. The number of hydrogen-bond donors (Lipinski definition) is 1. The van der Waals surface area contributed by atoms with Crippen molar-refractivity contribution in [2.45, 2.75) is 25.9 Å². The fourth-order valence-corrected chi connectivity index (χ4v) is 3.81. The Kier molecular flexibility index (Phi) is 5.18. The monoisotopic (exact) mass is 423 g/mol. The molecule has 27 heavy (non-hydrogen) atoms. The van der Waals surface area contributed by atoms with Gasteiger partial charge in [0.25, 0.3) is 0 Å². The lowest BCUT2D eigenvalue weighted by Gasteiger charge is -2.37. The summed E-state index contributed by atoms with van der Waals surface area (Å²) in [6.07, 6.45) is 0. The number of piperazine rings is 1. The topological polar surface area (TPSA) is 53.9 Å². The van der Waals surface area contributed by atoms with Crippen molar-refractivity contribution in [1.82, 2.24) is 20.5 Å². The fourth-order valence-electron chi connectivity index (χ4n) is 3.54. The van der Waals surface area contributed by atoms with Crippen LogP contribution >= 0.6 is 15.9 Å². The Hall–Kier alpha value is -2.31. The van der Waals surface area contributed by atoms with Gasteiger partial charge in [0, 0.05) is 40.8 Å². The Bertz CT molecular complexity index is 904. The number of rotatable bonds is 3. The number of hydrogen-bond acceptors (Lipinski definition) is 5. The van der Waals surface area contributed by atoms with Crippen molar-refractivity contribution >= 4 is 21.7 Å². The van der Waals surface area contributed by atoms with Crippen molar-refractivity contribution in [3.63, 3.8) is 0 Å². The minimum absolute atomic E-state index is 0.392. The normalized spacial score (nSPS) is 19.9. The predicted octanol–water partition coefficient (Wildman–Crippen LogP) is 4.15. The van der Waals surface area contributed by atoms with Crippen LogP contribution < -0.4 is 10.2 Å². The molecule has 3 aromatic rings. The largest absolute Gasteiger partial charge is 0.352 e. The maximum absolute atomic E-state index is 4.95. The molecular weight excluding hydrogens is 402 g/mol. The van der Waals surface area contributed by atoms with Gasteiger partial charge in [-0.2, -0.15) is 0 Å². The van der Waals surface area contributed by atoms with Gasteiger partial charge >= 0.3 is 0 Å². The molecule has 0 unspecified atom stereocenters. The average Bonchev–Trinajstić information content (AvgIpc) is 2.68. The van der Waals surface area contributed by atoms with Crippen LogP contribution in [0.5, 0.6) is 0 Å². The van der Waals surface area contributed by atoms with Crippen LogP contribution in [0.2, 0.25) is 0 Å². The van der Waals surface area contributed by atoms with Crippen molar-refractivity contribution in [2.75, 3.05) is 18.0 Å². The third-order valence-corrected chi connectivity index (χ3v) is 5.20. The Labute approximate surface area is 168 Å². The SMILES string of the molecule is C[C@H]1CN(c2nc(-c3ccc(Br)cc3)nnc2-c2ccccc2)C[C@H](C)N1.